The maximum atomic E-state index is 12.3. The van der Waals surface area contributed by atoms with Crippen LogP contribution < -0.4 is 10.1 Å². The van der Waals surface area contributed by atoms with Crippen molar-refractivity contribution in [3.05, 3.63) is 41.8 Å². The summed E-state index contributed by atoms with van der Waals surface area (Å²) in [5.41, 5.74) is 0.911. The van der Waals surface area contributed by atoms with E-state index in [4.69, 9.17) is 9.26 Å². The molecule has 1 N–H and O–H groups in total. The molecule has 7 heteroatoms. The van der Waals surface area contributed by atoms with Gasteiger partial charge in [0.05, 0.1) is 18.2 Å². The maximum Gasteiger partial charge on any atom is 0.276 e. The summed E-state index contributed by atoms with van der Waals surface area (Å²) in [5, 5.41) is 6.57. The van der Waals surface area contributed by atoms with Crippen LogP contribution in [0, 0.1) is 12.8 Å². The lowest BCUT2D eigenvalue weighted by atomic mass is 9.98. The molecule has 3 rings (SSSR count). The number of rotatable bonds is 5. The number of carbonyl (C=O) groups excluding carboxylic acids is 2. The first-order chi connectivity index (χ1) is 11.6. The van der Waals surface area contributed by atoms with Crippen molar-refractivity contribution in [2.45, 2.75) is 13.8 Å². The fourth-order valence-electron chi connectivity index (χ4n) is 2.53. The third-order valence-corrected chi connectivity index (χ3v) is 3.83. The number of benzene rings is 1. The summed E-state index contributed by atoms with van der Waals surface area (Å²) in [6.45, 7) is 4.88. The van der Waals surface area contributed by atoms with Gasteiger partial charge in [0.25, 0.3) is 5.91 Å². The van der Waals surface area contributed by atoms with E-state index >= 15 is 0 Å². The van der Waals surface area contributed by atoms with Crippen molar-refractivity contribution in [2.24, 2.45) is 5.92 Å². The largest absolute Gasteiger partial charge is 0.492 e. The predicted octanol–water partition coefficient (Wildman–Crippen LogP) is 2.09. The Morgan fingerprint density at radius 2 is 2.12 bits per heavy atom. The second-order valence-corrected chi connectivity index (χ2v) is 5.65. The average molecular weight is 329 g/mol. The van der Waals surface area contributed by atoms with E-state index in [1.807, 2.05) is 25.1 Å². The Labute approximate surface area is 139 Å². The van der Waals surface area contributed by atoms with Gasteiger partial charge in [-0.1, -0.05) is 17.3 Å². The Bertz CT molecular complexity index is 750. The average Bonchev–Trinajstić information content (AvgIpc) is 2.94. The lowest BCUT2D eigenvalue weighted by Gasteiger charge is -2.37. The number of carbonyl (C=O) groups is 2. The van der Waals surface area contributed by atoms with Gasteiger partial charge in [0.15, 0.2) is 5.69 Å². The molecule has 0 radical (unpaired) electrons. The first-order valence-corrected chi connectivity index (χ1v) is 7.83. The van der Waals surface area contributed by atoms with E-state index in [9.17, 15) is 9.59 Å². The van der Waals surface area contributed by atoms with Crippen molar-refractivity contribution < 1.29 is 18.8 Å². The molecule has 0 bridgehead atoms. The number of para-hydroxylation sites is 2. The van der Waals surface area contributed by atoms with E-state index in [0.29, 0.717) is 36.9 Å². The van der Waals surface area contributed by atoms with Crippen LogP contribution in [0.15, 0.2) is 34.9 Å². The molecule has 0 atom stereocenters. The molecule has 0 aliphatic carbocycles. The molecule has 0 spiro atoms. The molecule has 1 aliphatic rings. The Hall–Kier alpha value is -2.83. The van der Waals surface area contributed by atoms with Crippen molar-refractivity contribution in [3.8, 4) is 5.75 Å². The molecule has 0 unspecified atom stereocenters. The van der Waals surface area contributed by atoms with E-state index in [-0.39, 0.29) is 23.4 Å². The summed E-state index contributed by atoms with van der Waals surface area (Å²) >= 11 is 0. The fourth-order valence-corrected chi connectivity index (χ4v) is 2.53. The molecule has 2 amide bonds. The number of nitrogens with zero attached hydrogens (tertiary/aromatic N) is 2. The molecule has 126 valence electrons. The summed E-state index contributed by atoms with van der Waals surface area (Å²) in [5.74, 6) is 0.643. The van der Waals surface area contributed by atoms with Gasteiger partial charge in [0.2, 0.25) is 5.91 Å². The number of ether oxygens (including phenoxy) is 1. The Morgan fingerprint density at radius 3 is 2.79 bits per heavy atom. The SMILES string of the molecule is CCOc1ccccc1NC(=O)C1CN(C(=O)c2cc(C)on2)C1. The molecule has 1 saturated heterocycles. The third-order valence-electron chi connectivity index (χ3n) is 3.83. The zero-order valence-corrected chi connectivity index (χ0v) is 13.6. The van der Waals surface area contributed by atoms with Crippen molar-refractivity contribution in [1.82, 2.24) is 10.1 Å². The van der Waals surface area contributed by atoms with E-state index in [0.717, 1.165) is 0 Å². The molecular weight excluding hydrogens is 310 g/mol. The fraction of sp³-hybridized carbons (Fsp3) is 0.353. The van der Waals surface area contributed by atoms with Gasteiger partial charge >= 0.3 is 0 Å². The molecule has 7 nitrogen and oxygen atoms in total. The number of nitrogens with one attached hydrogen (secondary N) is 1. The van der Waals surface area contributed by atoms with Crippen molar-refractivity contribution in [1.29, 1.82) is 0 Å². The predicted molar refractivity (Wildman–Crippen MR) is 86.9 cm³/mol. The van der Waals surface area contributed by atoms with Crippen LogP contribution in [-0.2, 0) is 4.79 Å². The maximum absolute atomic E-state index is 12.3. The summed E-state index contributed by atoms with van der Waals surface area (Å²) in [7, 11) is 0. The quantitative estimate of drug-likeness (QED) is 0.908. The van der Waals surface area contributed by atoms with Gasteiger partial charge in [-0.3, -0.25) is 9.59 Å². The van der Waals surface area contributed by atoms with Gasteiger partial charge in [-0.2, -0.15) is 0 Å². The number of likely N-dealkylation sites (tertiary alicyclic amines) is 1. The highest BCUT2D eigenvalue weighted by Crippen LogP contribution is 2.26. The lowest BCUT2D eigenvalue weighted by Crippen LogP contribution is -2.54. The highest BCUT2D eigenvalue weighted by atomic mass is 16.5. The van der Waals surface area contributed by atoms with Crippen LogP contribution in [0.4, 0.5) is 5.69 Å². The van der Waals surface area contributed by atoms with Gasteiger partial charge < -0.3 is 19.5 Å². The van der Waals surface area contributed by atoms with Crippen molar-refractivity contribution in [3.63, 3.8) is 0 Å². The lowest BCUT2D eigenvalue weighted by molar-refractivity contribution is -0.123. The topological polar surface area (TPSA) is 84.7 Å². The first kappa shape index (κ1) is 16.0. The zero-order valence-electron chi connectivity index (χ0n) is 13.6. The summed E-state index contributed by atoms with van der Waals surface area (Å²) < 4.78 is 10.4. The first-order valence-electron chi connectivity index (χ1n) is 7.83. The van der Waals surface area contributed by atoms with E-state index < -0.39 is 0 Å². The minimum absolute atomic E-state index is 0.123. The summed E-state index contributed by atoms with van der Waals surface area (Å²) in [4.78, 5) is 26.1. The van der Waals surface area contributed by atoms with Gasteiger partial charge in [-0.05, 0) is 26.0 Å². The van der Waals surface area contributed by atoms with Crippen molar-refractivity contribution >= 4 is 17.5 Å². The number of hydrogen-bond donors (Lipinski definition) is 1. The molecule has 1 fully saturated rings. The van der Waals surface area contributed by atoms with Gasteiger partial charge in [0, 0.05) is 19.2 Å². The minimum Gasteiger partial charge on any atom is -0.492 e. The molecule has 1 aromatic carbocycles. The minimum atomic E-state index is -0.239. The monoisotopic (exact) mass is 329 g/mol. The van der Waals surface area contributed by atoms with Gasteiger partial charge in [0.1, 0.15) is 11.5 Å². The summed E-state index contributed by atoms with van der Waals surface area (Å²) in [6.07, 6.45) is 0. The Kier molecular flexibility index (Phi) is 4.50. The van der Waals surface area contributed by atoms with E-state index in [2.05, 4.69) is 10.5 Å². The Morgan fingerprint density at radius 1 is 1.38 bits per heavy atom. The molecule has 2 heterocycles. The molecule has 1 aromatic heterocycles. The molecule has 0 saturated carbocycles. The highest BCUT2D eigenvalue weighted by molar-refractivity contribution is 5.98. The zero-order chi connectivity index (χ0) is 17.1. The number of aryl methyl sites for hydroxylation is 1. The van der Waals surface area contributed by atoms with Crippen LogP contribution in [-0.4, -0.2) is 41.6 Å². The molecular formula is C17H19N3O4. The third kappa shape index (κ3) is 3.24. The van der Waals surface area contributed by atoms with E-state index in [1.165, 1.54) is 0 Å². The summed E-state index contributed by atoms with van der Waals surface area (Å²) in [6, 6.07) is 8.88. The highest BCUT2D eigenvalue weighted by Gasteiger charge is 2.37. The van der Waals surface area contributed by atoms with Crippen LogP contribution in [0.25, 0.3) is 0 Å². The van der Waals surface area contributed by atoms with E-state index in [1.54, 1.807) is 24.0 Å². The van der Waals surface area contributed by atoms with Crippen LogP contribution in [0.2, 0.25) is 0 Å². The molecule has 1 aliphatic heterocycles. The smallest absolute Gasteiger partial charge is 0.276 e. The Balaban J connectivity index is 1.56. The van der Waals surface area contributed by atoms with Gasteiger partial charge in [-0.25, -0.2) is 0 Å². The molecule has 24 heavy (non-hydrogen) atoms. The number of aromatic nitrogens is 1. The second kappa shape index (κ2) is 6.74. The number of hydrogen-bond acceptors (Lipinski definition) is 5. The standard InChI is InChI=1S/C17H19N3O4/c1-3-23-15-7-5-4-6-13(15)18-16(21)12-9-20(10-12)17(22)14-8-11(2)24-19-14/h4-8,12H,3,9-10H2,1-2H3,(H,18,21). The normalized spacial score (nSPS) is 14.2. The van der Waals surface area contributed by atoms with Crippen LogP contribution in [0.5, 0.6) is 5.75 Å². The van der Waals surface area contributed by atoms with Crippen LogP contribution >= 0.6 is 0 Å². The van der Waals surface area contributed by atoms with Crippen LogP contribution in [0.1, 0.15) is 23.2 Å². The second-order valence-electron chi connectivity index (χ2n) is 5.65. The molecule has 2 aromatic rings. The number of amides is 2. The number of anilines is 1. The van der Waals surface area contributed by atoms with Crippen molar-refractivity contribution in [2.75, 3.05) is 25.0 Å². The van der Waals surface area contributed by atoms with Gasteiger partial charge in [-0.15, -0.1) is 0 Å². The van der Waals surface area contributed by atoms with Crippen LogP contribution in [0.3, 0.4) is 0 Å².